The molecule has 1 fully saturated rings. The third kappa shape index (κ3) is 3.78. The Balaban J connectivity index is 2.51. The van der Waals surface area contributed by atoms with Crippen LogP contribution in [0, 0.1) is 5.92 Å². The van der Waals surface area contributed by atoms with Crippen molar-refractivity contribution in [1.29, 1.82) is 0 Å². The quantitative estimate of drug-likeness (QED) is 0.733. The molecule has 0 radical (unpaired) electrons. The molecule has 0 spiro atoms. The molecule has 1 saturated carbocycles. The standard InChI is InChI=1S/C13H25NO2/c1-2-3-9-13(14,12(15)16)10-11-7-5-4-6-8-11/h11H,2-10,14H2,1H3,(H,15,16)/t13-/m1/s1. The fourth-order valence-corrected chi connectivity index (χ4v) is 2.69. The van der Waals surface area contributed by atoms with Crippen LogP contribution in [0.1, 0.15) is 64.7 Å². The molecule has 94 valence electrons. The van der Waals surface area contributed by atoms with Crippen LogP contribution >= 0.6 is 0 Å². The molecule has 0 aromatic heterocycles. The maximum atomic E-state index is 11.3. The van der Waals surface area contributed by atoms with Crippen molar-refractivity contribution in [3.8, 4) is 0 Å². The predicted molar refractivity (Wildman–Crippen MR) is 65.3 cm³/mol. The van der Waals surface area contributed by atoms with Gasteiger partial charge in [-0.2, -0.15) is 0 Å². The molecule has 0 bridgehead atoms. The number of hydrogen-bond acceptors (Lipinski definition) is 2. The number of carbonyl (C=O) groups is 1. The largest absolute Gasteiger partial charge is 0.480 e. The van der Waals surface area contributed by atoms with Crippen LogP contribution in [-0.2, 0) is 4.79 Å². The zero-order chi connectivity index (χ0) is 12.0. The number of aliphatic carboxylic acids is 1. The van der Waals surface area contributed by atoms with E-state index in [1.165, 1.54) is 32.1 Å². The van der Waals surface area contributed by atoms with E-state index in [0.717, 1.165) is 12.8 Å². The molecule has 0 unspecified atom stereocenters. The van der Waals surface area contributed by atoms with Gasteiger partial charge in [0, 0.05) is 0 Å². The van der Waals surface area contributed by atoms with E-state index >= 15 is 0 Å². The summed E-state index contributed by atoms with van der Waals surface area (Å²) in [6, 6.07) is 0. The van der Waals surface area contributed by atoms with E-state index in [9.17, 15) is 9.90 Å². The van der Waals surface area contributed by atoms with Crippen molar-refractivity contribution in [2.24, 2.45) is 11.7 Å². The Kier molecular flexibility index (Phi) is 5.26. The van der Waals surface area contributed by atoms with Gasteiger partial charge in [-0.1, -0.05) is 51.9 Å². The van der Waals surface area contributed by atoms with E-state index in [1.807, 2.05) is 0 Å². The van der Waals surface area contributed by atoms with Gasteiger partial charge in [0.05, 0.1) is 0 Å². The Morgan fingerprint density at radius 2 is 2.00 bits per heavy atom. The van der Waals surface area contributed by atoms with Crippen molar-refractivity contribution in [2.45, 2.75) is 70.3 Å². The molecule has 3 heteroatoms. The Labute approximate surface area is 98.4 Å². The van der Waals surface area contributed by atoms with Crippen LogP contribution < -0.4 is 5.73 Å². The summed E-state index contributed by atoms with van der Waals surface area (Å²) in [4.78, 5) is 11.3. The Morgan fingerprint density at radius 3 is 2.50 bits per heavy atom. The minimum absolute atomic E-state index is 0.534. The number of rotatable bonds is 6. The summed E-state index contributed by atoms with van der Waals surface area (Å²) < 4.78 is 0. The van der Waals surface area contributed by atoms with Crippen LogP contribution in [0.3, 0.4) is 0 Å². The fourth-order valence-electron chi connectivity index (χ4n) is 2.69. The second kappa shape index (κ2) is 6.24. The number of carboxylic acid groups (broad SMARTS) is 1. The Bertz CT molecular complexity index is 224. The minimum Gasteiger partial charge on any atom is -0.480 e. The minimum atomic E-state index is -0.974. The Morgan fingerprint density at radius 1 is 1.38 bits per heavy atom. The molecule has 3 N–H and O–H groups in total. The van der Waals surface area contributed by atoms with Crippen LogP contribution in [0.5, 0.6) is 0 Å². The lowest BCUT2D eigenvalue weighted by Gasteiger charge is -2.31. The smallest absolute Gasteiger partial charge is 0.323 e. The molecule has 1 aliphatic carbocycles. The van der Waals surface area contributed by atoms with Crippen molar-refractivity contribution in [3.63, 3.8) is 0 Å². The van der Waals surface area contributed by atoms with E-state index in [4.69, 9.17) is 5.73 Å². The van der Waals surface area contributed by atoms with Crippen LogP contribution in [0.4, 0.5) is 0 Å². The van der Waals surface area contributed by atoms with Gasteiger partial charge in [-0.3, -0.25) is 4.79 Å². The lowest BCUT2D eigenvalue weighted by molar-refractivity contribution is -0.144. The normalized spacial score (nSPS) is 21.6. The van der Waals surface area contributed by atoms with Gasteiger partial charge in [-0.05, 0) is 18.8 Å². The number of carboxylic acids is 1. The molecule has 0 aromatic carbocycles. The average molecular weight is 227 g/mol. The molecule has 0 amide bonds. The van der Waals surface area contributed by atoms with Gasteiger partial charge in [-0.25, -0.2) is 0 Å². The summed E-state index contributed by atoms with van der Waals surface area (Å²) in [5, 5.41) is 9.26. The van der Waals surface area contributed by atoms with Crippen LogP contribution in [0.15, 0.2) is 0 Å². The summed E-state index contributed by atoms with van der Waals surface area (Å²) in [7, 11) is 0. The molecule has 1 aliphatic rings. The fraction of sp³-hybridized carbons (Fsp3) is 0.923. The average Bonchev–Trinajstić information content (AvgIpc) is 2.27. The van der Waals surface area contributed by atoms with Crippen LogP contribution in [0.25, 0.3) is 0 Å². The Hall–Kier alpha value is -0.570. The highest BCUT2D eigenvalue weighted by Gasteiger charge is 2.35. The first kappa shape index (κ1) is 13.5. The van der Waals surface area contributed by atoms with Crippen molar-refractivity contribution in [2.75, 3.05) is 0 Å². The molecule has 0 aliphatic heterocycles. The van der Waals surface area contributed by atoms with E-state index < -0.39 is 11.5 Å². The van der Waals surface area contributed by atoms with Gasteiger partial charge in [-0.15, -0.1) is 0 Å². The van der Waals surface area contributed by atoms with Crippen molar-refractivity contribution >= 4 is 5.97 Å². The molecule has 0 heterocycles. The van der Waals surface area contributed by atoms with Gasteiger partial charge >= 0.3 is 5.97 Å². The van der Waals surface area contributed by atoms with Gasteiger partial charge in [0.25, 0.3) is 0 Å². The van der Waals surface area contributed by atoms with Gasteiger partial charge in [0.1, 0.15) is 5.54 Å². The summed E-state index contributed by atoms with van der Waals surface area (Å²) in [5.74, 6) is -0.279. The van der Waals surface area contributed by atoms with Crippen molar-refractivity contribution < 1.29 is 9.90 Å². The number of hydrogen-bond donors (Lipinski definition) is 2. The molecule has 16 heavy (non-hydrogen) atoms. The first-order valence-corrected chi connectivity index (χ1v) is 6.61. The highest BCUT2D eigenvalue weighted by Crippen LogP contribution is 2.31. The maximum absolute atomic E-state index is 11.3. The summed E-state index contributed by atoms with van der Waals surface area (Å²) in [6.45, 7) is 2.07. The SMILES string of the molecule is CCCC[C@@](N)(CC1CCCCC1)C(=O)O. The number of nitrogens with two attached hydrogens (primary N) is 1. The monoisotopic (exact) mass is 227 g/mol. The predicted octanol–water partition coefficient (Wildman–Crippen LogP) is 2.93. The molecule has 1 rings (SSSR count). The number of unbranched alkanes of at least 4 members (excludes halogenated alkanes) is 1. The highest BCUT2D eigenvalue weighted by atomic mass is 16.4. The molecule has 0 saturated heterocycles. The van der Waals surface area contributed by atoms with E-state index in [0.29, 0.717) is 18.8 Å². The van der Waals surface area contributed by atoms with E-state index in [-0.39, 0.29) is 0 Å². The highest BCUT2D eigenvalue weighted by molar-refractivity contribution is 5.78. The van der Waals surface area contributed by atoms with Gasteiger partial charge in [0.2, 0.25) is 0 Å². The van der Waals surface area contributed by atoms with Crippen LogP contribution in [-0.4, -0.2) is 16.6 Å². The summed E-state index contributed by atoms with van der Waals surface area (Å²) >= 11 is 0. The van der Waals surface area contributed by atoms with Crippen LogP contribution in [0.2, 0.25) is 0 Å². The molecule has 0 aromatic rings. The molecule has 3 nitrogen and oxygen atoms in total. The third-order valence-electron chi connectivity index (χ3n) is 3.78. The van der Waals surface area contributed by atoms with Gasteiger partial charge in [0.15, 0.2) is 0 Å². The molecule has 1 atom stereocenters. The summed E-state index contributed by atoms with van der Waals surface area (Å²) in [5.41, 5.74) is 5.08. The van der Waals surface area contributed by atoms with Crippen molar-refractivity contribution in [3.05, 3.63) is 0 Å². The second-order valence-corrected chi connectivity index (χ2v) is 5.27. The first-order valence-electron chi connectivity index (χ1n) is 6.61. The third-order valence-corrected chi connectivity index (χ3v) is 3.78. The van der Waals surface area contributed by atoms with Gasteiger partial charge < -0.3 is 10.8 Å². The lowest BCUT2D eigenvalue weighted by atomic mass is 9.78. The zero-order valence-corrected chi connectivity index (χ0v) is 10.4. The topological polar surface area (TPSA) is 63.3 Å². The first-order chi connectivity index (χ1) is 7.58. The maximum Gasteiger partial charge on any atom is 0.323 e. The molecular weight excluding hydrogens is 202 g/mol. The summed E-state index contributed by atoms with van der Waals surface area (Å²) in [6.07, 6.45) is 9.33. The lowest BCUT2D eigenvalue weighted by Crippen LogP contribution is -2.49. The van der Waals surface area contributed by atoms with E-state index in [2.05, 4.69) is 6.92 Å². The van der Waals surface area contributed by atoms with E-state index in [1.54, 1.807) is 0 Å². The molecular formula is C13H25NO2. The second-order valence-electron chi connectivity index (χ2n) is 5.27. The zero-order valence-electron chi connectivity index (χ0n) is 10.4. The van der Waals surface area contributed by atoms with Crippen molar-refractivity contribution in [1.82, 2.24) is 0 Å².